The van der Waals surface area contributed by atoms with Crippen LogP contribution in [0.4, 0.5) is 0 Å². The molecular weight excluding hydrogens is 685 g/mol. The molecule has 55 heavy (non-hydrogen) atoms. The Morgan fingerprint density at radius 1 is 0.418 bits per heavy atom. The number of ether oxygens (including phenoxy) is 3. The third kappa shape index (κ3) is 41.8. The van der Waals surface area contributed by atoms with E-state index < -0.39 is 12.1 Å². The third-order valence-electron chi connectivity index (χ3n) is 9.23. The maximum absolute atomic E-state index is 12.6. The van der Waals surface area contributed by atoms with Gasteiger partial charge in [-0.15, -0.1) is 0 Å². The summed E-state index contributed by atoms with van der Waals surface area (Å²) in [5.41, 5.74) is 0. The number of hydrogen-bond acceptors (Lipinski definition) is 6. The summed E-state index contributed by atoms with van der Waals surface area (Å²) in [6.07, 6.45) is 53.5. The molecule has 0 aromatic heterocycles. The molecule has 6 nitrogen and oxygen atoms in total. The van der Waals surface area contributed by atoms with Gasteiger partial charge in [-0.05, 0) is 77.0 Å². The maximum atomic E-state index is 12.6. The minimum Gasteiger partial charge on any atom is -0.462 e. The largest absolute Gasteiger partial charge is 0.462 e. The van der Waals surface area contributed by atoms with Crippen LogP contribution in [-0.4, -0.2) is 37.2 Å². The topological polar surface area (TPSA) is 78.9 Å². The number of carbonyl (C=O) groups excluding carboxylic acids is 3. The molecule has 0 radical (unpaired) electrons. The van der Waals surface area contributed by atoms with Crippen LogP contribution in [0.15, 0.2) is 72.9 Å². The zero-order valence-electron chi connectivity index (χ0n) is 35.7. The number of hydrogen-bond donors (Lipinski definition) is 0. The molecule has 0 saturated carbocycles. The third-order valence-corrected chi connectivity index (χ3v) is 9.23. The molecule has 0 N–H and O–H groups in total. The molecule has 0 amide bonds. The molecule has 314 valence electrons. The van der Waals surface area contributed by atoms with E-state index in [1.165, 1.54) is 64.2 Å². The van der Waals surface area contributed by atoms with Gasteiger partial charge in [0.25, 0.3) is 0 Å². The molecule has 0 aliphatic carbocycles. The number of rotatable bonds is 39. The standard InChI is InChI=1S/C49H82O6/c1-4-7-10-13-16-19-21-22-23-24-25-26-27-28-31-33-36-39-42-48(51)54-45-46(44-53-47(50)41-38-35-32-29-18-15-12-9-6-3)55-49(52)43-40-37-34-30-20-17-14-11-8-5-2/h9,12,14,17-18,23-26,29,35,38,46H,4-8,10-11,13,15-16,19-22,27-28,30-34,36-37,39-45H2,1-3H3/b12-9-,17-14-,24-23-,26-25-,29-18-,38-35-. The molecule has 0 spiro atoms. The summed E-state index contributed by atoms with van der Waals surface area (Å²) in [5.74, 6) is -1.08. The number of allylic oxidation sites excluding steroid dienone is 11. The first-order valence-corrected chi connectivity index (χ1v) is 22.5. The van der Waals surface area contributed by atoms with Crippen LogP contribution in [0, 0.1) is 0 Å². The van der Waals surface area contributed by atoms with E-state index in [1.54, 1.807) is 6.08 Å². The predicted molar refractivity (Wildman–Crippen MR) is 233 cm³/mol. The van der Waals surface area contributed by atoms with Gasteiger partial charge in [0, 0.05) is 12.8 Å². The molecule has 0 rings (SSSR count). The number of esters is 3. The Balaban J connectivity index is 4.40. The van der Waals surface area contributed by atoms with Gasteiger partial charge in [-0.1, -0.05) is 177 Å². The highest BCUT2D eigenvalue weighted by atomic mass is 16.6. The van der Waals surface area contributed by atoms with E-state index in [-0.39, 0.29) is 31.6 Å². The Kier molecular flexibility index (Phi) is 41.1. The van der Waals surface area contributed by atoms with E-state index in [0.29, 0.717) is 12.8 Å². The Hall–Kier alpha value is -3.15. The van der Waals surface area contributed by atoms with Crippen LogP contribution in [0.3, 0.4) is 0 Å². The van der Waals surface area contributed by atoms with E-state index in [9.17, 15) is 14.4 Å². The lowest BCUT2D eigenvalue weighted by Gasteiger charge is -2.18. The van der Waals surface area contributed by atoms with Crippen molar-refractivity contribution in [1.82, 2.24) is 0 Å². The average molecular weight is 767 g/mol. The summed E-state index contributed by atoms with van der Waals surface area (Å²) in [4.78, 5) is 37.5. The lowest BCUT2D eigenvalue weighted by molar-refractivity contribution is -0.166. The van der Waals surface area contributed by atoms with Gasteiger partial charge in [0.05, 0.1) is 6.42 Å². The summed E-state index contributed by atoms with van der Waals surface area (Å²) in [6, 6.07) is 0. The first-order chi connectivity index (χ1) is 27.0. The van der Waals surface area contributed by atoms with Crippen molar-refractivity contribution in [3.05, 3.63) is 72.9 Å². The van der Waals surface area contributed by atoms with Crippen molar-refractivity contribution in [3.63, 3.8) is 0 Å². The lowest BCUT2D eigenvalue weighted by atomic mass is 10.1. The van der Waals surface area contributed by atoms with Crippen molar-refractivity contribution < 1.29 is 28.6 Å². The van der Waals surface area contributed by atoms with Crippen molar-refractivity contribution in [3.8, 4) is 0 Å². The van der Waals surface area contributed by atoms with Crippen molar-refractivity contribution in [2.24, 2.45) is 0 Å². The summed E-state index contributed by atoms with van der Waals surface area (Å²) in [6.45, 7) is 6.32. The fraction of sp³-hybridized carbons (Fsp3) is 0.694. The second-order valence-corrected chi connectivity index (χ2v) is 14.6. The first-order valence-electron chi connectivity index (χ1n) is 22.5. The first kappa shape index (κ1) is 51.9. The summed E-state index contributed by atoms with van der Waals surface area (Å²) < 4.78 is 16.5. The fourth-order valence-electron chi connectivity index (χ4n) is 5.83. The van der Waals surface area contributed by atoms with E-state index in [2.05, 4.69) is 81.5 Å². The quantitative estimate of drug-likeness (QED) is 0.0204. The average Bonchev–Trinajstić information content (AvgIpc) is 3.18. The molecule has 0 saturated heterocycles. The minimum absolute atomic E-state index is 0.116. The van der Waals surface area contributed by atoms with E-state index in [4.69, 9.17) is 14.2 Å². The van der Waals surface area contributed by atoms with E-state index in [0.717, 1.165) is 96.3 Å². The maximum Gasteiger partial charge on any atom is 0.309 e. The molecule has 1 unspecified atom stereocenters. The van der Waals surface area contributed by atoms with Crippen molar-refractivity contribution >= 4 is 17.9 Å². The molecule has 0 bridgehead atoms. The van der Waals surface area contributed by atoms with Crippen LogP contribution in [0.25, 0.3) is 0 Å². The molecule has 0 aliphatic rings. The van der Waals surface area contributed by atoms with Crippen LogP contribution < -0.4 is 0 Å². The van der Waals surface area contributed by atoms with Crippen molar-refractivity contribution in [1.29, 1.82) is 0 Å². The zero-order chi connectivity index (χ0) is 40.1. The molecule has 0 aromatic carbocycles. The second-order valence-electron chi connectivity index (χ2n) is 14.6. The summed E-state index contributed by atoms with van der Waals surface area (Å²) >= 11 is 0. The van der Waals surface area contributed by atoms with E-state index >= 15 is 0 Å². The molecule has 1 atom stereocenters. The van der Waals surface area contributed by atoms with Gasteiger partial charge in [0.15, 0.2) is 6.10 Å². The van der Waals surface area contributed by atoms with Crippen LogP contribution >= 0.6 is 0 Å². The molecular formula is C49H82O6. The van der Waals surface area contributed by atoms with Crippen LogP contribution in [0.1, 0.15) is 201 Å². The van der Waals surface area contributed by atoms with Gasteiger partial charge in [-0.25, -0.2) is 0 Å². The summed E-state index contributed by atoms with van der Waals surface area (Å²) in [7, 11) is 0. The van der Waals surface area contributed by atoms with Gasteiger partial charge in [0.2, 0.25) is 0 Å². The van der Waals surface area contributed by atoms with Gasteiger partial charge < -0.3 is 14.2 Å². The van der Waals surface area contributed by atoms with Gasteiger partial charge in [-0.2, -0.15) is 0 Å². The Morgan fingerprint density at radius 2 is 0.855 bits per heavy atom. The van der Waals surface area contributed by atoms with Gasteiger partial charge >= 0.3 is 17.9 Å². The molecule has 0 fully saturated rings. The molecule has 0 heterocycles. The van der Waals surface area contributed by atoms with Crippen molar-refractivity contribution in [2.75, 3.05) is 13.2 Å². The summed E-state index contributed by atoms with van der Waals surface area (Å²) in [5, 5.41) is 0. The van der Waals surface area contributed by atoms with Gasteiger partial charge in [0.1, 0.15) is 13.2 Å². The minimum atomic E-state index is -0.819. The fourth-order valence-corrected chi connectivity index (χ4v) is 5.83. The Morgan fingerprint density at radius 3 is 1.42 bits per heavy atom. The number of carbonyl (C=O) groups is 3. The molecule has 0 aromatic rings. The number of unbranched alkanes of at least 4 members (excludes halogenated alkanes) is 18. The highest BCUT2D eigenvalue weighted by Gasteiger charge is 2.19. The second kappa shape index (κ2) is 43.6. The molecule has 6 heteroatoms. The van der Waals surface area contributed by atoms with Crippen molar-refractivity contribution in [2.45, 2.75) is 207 Å². The smallest absolute Gasteiger partial charge is 0.309 e. The highest BCUT2D eigenvalue weighted by Crippen LogP contribution is 2.12. The Bertz CT molecular complexity index is 1070. The van der Waals surface area contributed by atoms with Crippen LogP contribution in [0.2, 0.25) is 0 Å². The SMILES string of the molecule is CC/C=C\C/C=C\C/C=C\CC(=O)OCC(COC(=O)CCCCCCC/C=C\C=C/CCCCCCCCC)OC(=O)CCCCCC/C=C\CCCC. The van der Waals surface area contributed by atoms with Crippen LogP contribution in [-0.2, 0) is 28.6 Å². The predicted octanol–water partition coefficient (Wildman–Crippen LogP) is 14.3. The lowest BCUT2D eigenvalue weighted by Crippen LogP contribution is -2.30. The van der Waals surface area contributed by atoms with E-state index in [1.807, 2.05) is 6.08 Å². The van der Waals surface area contributed by atoms with Crippen LogP contribution in [0.5, 0.6) is 0 Å². The molecule has 0 aliphatic heterocycles. The highest BCUT2D eigenvalue weighted by molar-refractivity contribution is 5.72. The zero-order valence-corrected chi connectivity index (χ0v) is 35.7. The Labute approximate surface area is 338 Å². The normalized spacial score (nSPS) is 12.7. The monoisotopic (exact) mass is 767 g/mol. The van der Waals surface area contributed by atoms with Gasteiger partial charge in [-0.3, -0.25) is 14.4 Å².